The number of carbonyl (C=O) groups is 2. The van der Waals surface area contributed by atoms with Crippen LogP contribution in [-0.2, 0) is 0 Å². The number of aromatic amines is 1. The van der Waals surface area contributed by atoms with E-state index < -0.39 is 0 Å². The molecule has 7 heteroatoms. The standard InChI is InChI=1S/C19H20N4O2S/c1-12-11-15(21-20-12)18(24)22-7-9-23(10-8-22)19(25)17-13(2)14-5-3-4-6-16(14)26-17/h3-6,11H,7-10H2,1-2H3,(H,20,21). The molecule has 2 amide bonds. The quantitative estimate of drug-likeness (QED) is 0.756. The van der Waals surface area contributed by atoms with E-state index in [9.17, 15) is 9.59 Å². The zero-order chi connectivity index (χ0) is 18.3. The summed E-state index contributed by atoms with van der Waals surface area (Å²) in [6, 6.07) is 9.85. The Labute approximate surface area is 155 Å². The van der Waals surface area contributed by atoms with Crippen LogP contribution in [0.4, 0.5) is 0 Å². The third-order valence-corrected chi connectivity index (χ3v) is 6.08. The molecule has 0 radical (unpaired) electrons. The van der Waals surface area contributed by atoms with E-state index in [0.717, 1.165) is 26.2 Å². The van der Waals surface area contributed by atoms with Crippen LogP contribution in [0.5, 0.6) is 0 Å². The molecule has 1 fully saturated rings. The maximum Gasteiger partial charge on any atom is 0.274 e. The number of rotatable bonds is 2. The number of aromatic nitrogens is 2. The van der Waals surface area contributed by atoms with Crippen molar-refractivity contribution in [2.24, 2.45) is 0 Å². The minimum Gasteiger partial charge on any atom is -0.334 e. The molecule has 0 atom stereocenters. The summed E-state index contributed by atoms with van der Waals surface area (Å²) in [4.78, 5) is 29.8. The van der Waals surface area contributed by atoms with E-state index >= 15 is 0 Å². The van der Waals surface area contributed by atoms with Crippen LogP contribution in [0.3, 0.4) is 0 Å². The van der Waals surface area contributed by atoms with Crippen molar-refractivity contribution < 1.29 is 9.59 Å². The minimum atomic E-state index is -0.0838. The zero-order valence-corrected chi connectivity index (χ0v) is 15.6. The third-order valence-electron chi connectivity index (χ3n) is 4.82. The summed E-state index contributed by atoms with van der Waals surface area (Å²) in [5, 5.41) is 7.97. The van der Waals surface area contributed by atoms with Gasteiger partial charge in [0.2, 0.25) is 0 Å². The van der Waals surface area contributed by atoms with Gasteiger partial charge in [0.25, 0.3) is 11.8 Å². The predicted molar refractivity (Wildman–Crippen MR) is 102 cm³/mol. The van der Waals surface area contributed by atoms with Crippen LogP contribution in [-0.4, -0.2) is 58.0 Å². The molecule has 1 aliphatic heterocycles. The number of carbonyl (C=O) groups excluding carboxylic acids is 2. The van der Waals surface area contributed by atoms with Gasteiger partial charge < -0.3 is 9.80 Å². The molecule has 3 aromatic rings. The molecule has 0 unspecified atom stereocenters. The second-order valence-corrected chi connectivity index (χ2v) is 7.63. The molecule has 0 bridgehead atoms. The number of amides is 2. The lowest BCUT2D eigenvalue weighted by Gasteiger charge is -2.34. The highest BCUT2D eigenvalue weighted by molar-refractivity contribution is 7.21. The van der Waals surface area contributed by atoms with Gasteiger partial charge in [-0.2, -0.15) is 5.10 Å². The Balaban J connectivity index is 1.46. The van der Waals surface area contributed by atoms with Crippen LogP contribution in [0.15, 0.2) is 30.3 Å². The zero-order valence-electron chi connectivity index (χ0n) is 14.8. The van der Waals surface area contributed by atoms with Crippen LogP contribution in [0.2, 0.25) is 0 Å². The van der Waals surface area contributed by atoms with Gasteiger partial charge in [-0.25, -0.2) is 0 Å². The largest absolute Gasteiger partial charge is 0.334 e. The Morgan fingerprint density at radius 2 is 1.69 bits per heavy atom. The molecule has 3 heterocycles. The van der Waals surface area contributed by atoms with Crippen molar-refractivity contribution >= 4 is 33.2 Å². The normalized spacial score (nSPS) is 14.8. The van der Waals surface area contributed by atoms with E-state index in [1.165, 1.54) is 0 Å². The fourth-order valence-corrected chi connectivity index (χ4v) is 4.50. The van der Waals surface area contributed by atoms with Gasteiger partial charge in [-0.1, -0.05) is 18.2 Å². The number of aryl methyl sites for hydroxylation is 2. The number of piperazine rings is 1. The van der Waals surface area contributed by atoms with Crippen molar-refractivity contribution in [1.82, 2.24) is 20.0 Å². The van der Waals surface area contributed by atoms with Crippen LogP contribution >= 0.6 is 11.3 Å². The van der Waals surface area contributed by atoms with Crippen molar-refractivity contribution in [3.8, 4) is 0 Å². The van der Waals surface area contributed by atoms with Crippen molar-refractivity contribution in [1.29, 1.82) is 0 Å². The monoisotopic (exact) mass is 368 g/mol. The van der Waals surface area contributed by atoms with Crippen LogP contribution in [0.25, 0.3) is 10.1 Å². The van der Waals surface area contributed by atoms with Gasteiger partial charge in [0.15, 0.2) is 0 Å². The Kier molecular flexibility index (Phi) is 4.24. The maximum atomic E-state index is 13.0. The van der Waals surface area contributed by atoms with Gasteiger partial charge >= 0.3 is 0 Å². The molecular weight excluding hydrogens is 348 g/mol. The fourth-order valence-electron chi connectivity index (χ4n) is 3.32. The van der Waals surface area contributed by atoms with Crippen LogP contribution in [0, 0.1) is 13.8 Å². The molecule has 134 valence electrons. The van der Waals surface area contributed by atoms with E-state index in [4.69, 9.17) is 0 Å². The van der Waals surface area contributed by atoms with Gasteiger partial charge in [-0.05, 0) is 36.9 Å². The first-order valence-electron chi connectivity index (χ1n) is 8.63. The van der Waals surface area contributed by atoms with Crippen molar-refractivity contribution in [3.05, 3.63) is 52.2 Å². The number of fused-ring (bicyclic) bond motifs is 1. The molecule has 0 aliphatic carbocycles. The third kappa shape index (κ3) is 2.88. The Hall–Kier alpha value is -2.67. The molecule has 0 saturated carbocycles. The molecular formula is C19H20N4O2S. The lowest BCUT2D eigenvalue weighted by Crippen LogP contribution is -2.50. The van der Waals surface area contributed by atoms with E-state index in [0.29, 0.717) is 31.9 Å². The van der Waals surface area contributed by atoms with E-state index in [-0.39, 0.29) is 11.8 Å². The summed E-state index contributed by atoms with van der Waals surface area (Å²) in [6.45, 7) is 6.02. The molecule has 6 nitrogen and oxygen atoms in total. The van der Waals surface area contributed by atoms with Crippen molar-refractivity contribution in [2.75, 3.05) is 26.2 Å². The lowest BCUT2D eigenvalue weighted by atomic mass is 10.1. The van der Waals surface area contributed by atoms with Gasteiger partial charge in [-0.15, -0.1) is 11.3 Å². The summed E-state index contributed by atoms with van der Waals surface area (Å²) in [5.74, 6) is -0.0223. The summed E-state index contributed by atoms with van der Waals surface area (Å²) < 4.78 is 1.14. The number of nitrogens with zero attached hydrogens (tertiary/aromatic N) is 3. The van der Waals surface area contributed by atoms with Gasteiger partial charge in [0.1, 0.15) is 5.69 Å². The Morgan fingerprint density at radius 3 is 2.31 bits per heavy atom. The Bertz CT molecular complexity index is 983. The molecule has 4 rings (SSSR count). The highest BCUT2D eigenvalue weighted by Gasteiger charge is 2.28. The van der Waals surface area contributed by atoms with Gasteiger partial charge in [0.05, 0.1) is 4.88 Å². The number of thiophene rings is 1. The van der Waals surface area contributed by atoms with Gasteiger partial charge in [-0.3, -0.25) is 14.7 Å². The van der Waals surface area contributed by atoms with E-state index in [1.807, 2.05) is 36.9 Å². The summed E-state index contributed by atoms with van der Waals surface area (Å²) >= 11 is 1.55. The van der Waals surface area contributed by atoms with Crippen molar-refractivity contribution in [2.45, 2.75) is 13.8 Å². The lowest BCUT2D eigenvalue weighted by molar-refractivity contribution is 0.0534. The molecule has 0 spiro atoms. The average molecular weight is 368 g/mol. The molecule has 1 aromatic carbocycles. The average Bonchev–Trinajstić information content (AvgIpc) is 3.25. The SMILES string of the molecule is Cc1cc(C(=O)N2CCN(C(=O)c3sc4ccccc4c3C)CC2)n[nH]1. The maximum absolute atomic E-state index is 13.0. The second-order valence-electron chi connectivity index (χ2n) is 6.57. The number of nitrogens with one attached hydrogen (secondary N) is 1. The topological polar surface area (TPSA) is 69.3 Å². The number of benzene rings is 1. The summed E-state index contributed by atoms with van der Waals surface area (Å²) in [6.07, 6.45) is 0. The molecule has 1 aliphatic rings. The van der Waals surface area contributed by atoms with Gasteiger partial charge in [0, 0.05) is 36.6 Å². The number of hydrogen-bond donors (Lipinski definition) is 1. The summed E-state index contributed by atoms with van der Waals surface area (Å²) in [7, 11) is 0. The first kappa shape index (κ1) is 16.8. The van der Waals surface area contributed by atoms with Crippen molar-refractivity contribution in [3.63, 3.8) is 0 Å². The second kappa shape index (κ2) is 6.57. The first-order valence-corrected chi connectivity index (χ1v) is 9.45. The molecule has 26 heavy (non-hydrogen) atoms. The minimum absolute atomic E-state index is 0.0615. The summed E-state index contributed by atoms with van der Waals surface area (Å²) in [5.41, 5.74) is 2.34. The smallest absolute Gasteiger partial charge is 0.274 e. The predicted octanol–water partition coefficient (Wildman–Crippen LogP) is 2.84. The van der Waals surface area contributed by atoms with E-state index in [1.54, 1.807) is 22.3 Å². The molecule has 1 N–H and O–H groups in total. The fraction of sp³-hybridized carbons (Fsp3) is 0.316. The van der Waals surface area contributed by atoms with Crippen LogP contribution in [0.1, 0.15) is 31.4 Å². The van der Waals surface area contributed by atoms with E-state index in [2.05, 4.69) is 16.3 Å². The van der Waals surface area contributed by atoms with Crippen LogP contribution < -0.4 is 0 Å². The molecule has 1 saturated heterocycles. The first-order chi connectivity index (χ1) is 12.5. The molecule has 2 aromatic heterocycles. The highest BCUT2D eigenvalue weighted by Crippen LogP contribution is 2.31. The Morgan fingerprint density at radius 1 is 1.04 bits per heavy atom. The number of H-pyrrole nitrogens is 1. The number of hydrogen-bond acceptors (Lipinski definition) is 4. The highest BCUT2D eigenvalue weighted by atomic mass is 32.1.